The molecule has 1 amide bonds. The molecule has 2 aromatic carbocycles. The predicted octanol–water partition coefficient (Wildman–Crippen LogP) is 4.18. The number of carbonyl (C=O) groups excluding carboxylic acids is 2. The van der Waals surface area contributed by atoms with E-state index in [2.05, 4.69) is 10.3 Å². The Morgan fingerprint density at radius 2 is 1.79 bits per heavy atom. The number of ether oxygens (including phenoxy) is 2. The Bertz CT molecular complexity index is 984. The highest BCUT2D eigenvalue weighted by atomic mass is 32.1. The van der Waals surface area contributed by atoms with Crippen LogP contribution in [-0.2, 0) is 4.79 Å². The van der Waals surface area contributed by atoms with Gasteiger partial charge in [-0.15, -0.1) is 11.3 Å². The molecule has 6 nitrogen and oxygen atoms in total. The van der Waals surface area contributed by atoms with Gasteiger partial charge in [-0.25, -0.2) is 4.98 Å². The molecule has 1 aliphatic rings. The average molecular weight is 394 g/mol. The van der Waals surface area contributed by atoms with Gasteiger partial charge >= 0.3 is 0 Å². The quantitative estimate of drug-likeness (QED) is 0.635. The number of ketones is 1. The van der Waals surface area contributed by atoms with Gasteiger partial charge in [0.2, 0.25) is 5.91 Å². The number of amides is 1. The van der Waals surface area contributed by atoms with Crippen molar-refractivity contribution in [2.45, 2.75) is 12.8 Å². The zero-order chi connectivity index (χ0) is 19.3. The van der Waals surface area contributed by atoms with E-state index in [-0.39, 0.29) is 24.5 Å². The normalized spacial score (nSPS) is 12.4. The molecule has 0 spiro atoms. The second-order valence-electron chi connectivity index (χ2n) is 6.24. The number of hydrogen-bond donors (Lipinski definition) is 1. The Hall–Kier alpha value is -3.19. The fourth-order valence-electron chi connectivity index (χ4n) is 2.87. The van der Waals surface area contributed by atoms with Crippen molar-refractivity contribution in [1.82, 2.24) is 4.98 Å². The summed E-state index contributed by atoms with van der Waals surface area (Å²) in [6.45, 7) is 0.972. The fraction of sp³-hybridized carbons (Fsp3) is 0.190. The van der Waals surface area contributed by atoms with Crippen LogP contribution < -0.4 is 14.8 Å². The maximum Gasteiger partial charge on any atom is 0.224 e. The number of anilines is 1. The lowest BCUT2D eigenvalue weighted by atomic mass is 10.1. The highest BCUT2D eigenvalue weighted by molar-refractivity contribution is 7.13. The van der Waals surface area contributed by atoms with Gasteiger partial charge in [-0.3, -0.25) is 9.59 Å². The van der Waals surface area contributed by atoms with E-state index in [0.29, 0.717) is 36.0 Å². The van der Waals surface area contributed by atoms with Crippen LogP contribution in [0.5, 0.6) is 11.5 Å². The number of carbonyl (C=O) groups is 2. The minimum Gasteiger partial charge on any atom is -0.486 e. The summed E-state index contributed by atoms with van der Waals surface area (Å²) in [4.78, 5) is 28.8. The third-order valence-electron chi connectivity index (χ3n) is 4.29. The molecule has 0 saturated carbocycles. The second-order valence-corrected chi connectivity index (χ2v) is 7.14. The molecule has 7 heteroatoms. The van der Waals surface area contributed by atoms with E-state index >= 15 is 0 Å². The number of nitrogens with one attached hydrogen (secondary N) is 1. The smallest absolute Gasteiger partial charge is 0.224 e. The third-order valence-corrected chi connectivity index (χ3v) is 5.11. The van der Waals surface area contributed by atoms with Crippen LogP contribution >= 0.6 is 11.3 Å². The lowest BCUT2D eigenvalue weighted by Gasteiger charge is -2.18. The van der Waals surface area contributed by atoms with Gasteiger partial charge in [-0.05, 0) is 42.5 Å². The van der Waals surface area contributed by atoms with Gasteiger partial charge in [0.15, 0.2) is 17.3 Å². The Morgan fingerprint density at radius 3 is 2.54 bits per heavy atom. The zero-order valence-electron chi connectivity index (χ0n) is 15.0. The molecule has 0 atom stereocenters. The molecule has 28 heavy (non-hydrogen) atoms. The van der Waals surface area contributed by atoms with Gasteiger partial charge in [-0.2, -0.15) is 0 Å². The minimum absolute atomic E-state index is 0.105. The monoisotopic (exact) mass is 394 g/mol. The van der Waals surface area contributed by atoms with Gasteiger partial charge in [0.25, 0.3) is 0 Å². The van der Waals surface area contributed by atoms with Crippen molar-refractivity contribution in [2.75, 3.05) is 18.5 Å². The summed E-state index contributed by atoms with van der Waals surface area (Å²) in [5, 5.41) is 5.67. The molecule has 1 aliphatic heterocycles. The minimum atomic E-state index is -0.201. The molecule has 4 rings (SSSR count). The largest absolute Gasteiger partial charge is 0.486 e. The lowest BCUT2D eigenvalue weighted by molar-refractivity contribution is -0.116. The Labute approximate surface area is 166 Å². The molecule has 0 saturated heterocycles. The molecule has 1 N–H and O–H groups in total. The molecule has 0 fully saturated rings. The molecule has 0 unspecified atom stereocenters. The number of nitrogens with zero attached hydrogens (tertiary/aromatic N) is 1. The summed E-state index contributed by atoms with van der Waals surface area (Å²) >= 11 is 1.56. The van der Waals surface area contributed by atoms with Crippen LogP contribution in [0.15, 0.2) is 54.0 Å². The van der Waals surface area contributed by atoms with Gasteiger partial charge in [0.05, 0.1) is 0 Å². The first-order chi connectivity index (χ1) is 13.7. The van der Waals surface area contributed by atoms with Crippen LogP contribution in [0.3, 0.4) is 0 Å². The van der Waals surface area contributed by atoms with E-state index in [1.165, 1.54) is 0 Å². The molecule has 2 heterocycles. The van der Waals surface area contributed by atoms with Gasteiger partial charge in [0.1, 0.15) is 18.2 Å². The summed E-state index contributed by atoms with van der Waals surface area (Å²) in [6, 6.07) is 12.6. The SMILES string of the molecule is O=C(CCC(=O)c1ccc2c(c1)OCCO2)Nc1ccc(-c2nccs2)cc1. The van der Waals surface area contributed by atoms with Crippen molar-refractivity contribution in [3.63, 3.8) is 0 Å². The Kier molecular flexibility index (Phi) is 5.34. The summed E-state index contributed by atoms with van der Waals surface area (Å²) in [7, 11) is 0. The summed E-state index contributed by atoms with van der Waals surface area (Å²) < 4.78 is 10.9. The van der Waals surface area contributed by atoms with Crippen LogP contribution in [0.25, 0.3) is 10.6 Å². The Morgan fingerprint density at radius 1 is 1.00 bits per heavy atom. The van der Waals surface area contributed by atoms with Crippen LogP contribution in [-0.4, -0.2) is 29.9 Å². The van der Waals surface area contributed by atoms with E-state index in [4.69, 9.17) is 9.47 Å². The topological polar surface area (TPSA) is 77.5 Å². The van der Waals surface area contributed by atoms with Crippen molar-refractivity contribution < 1.29 is 19.1 Å². The Balaban J connectivity index is 1.31. The predicted molar refractivity (Wildman–Crippen MR) is 107 cm³/mol. The maximum absolute atomic E-state index is 12.4. The first-order valence-corrected chi connectivity index (χ1v) is 9.79. The molecular formula is C21H18N2O4S. The summed E-state index contributed by atoms with van der Waals surface area (Å²) in [5.41, 5.74) is 2.21. The number of benzene rings is 2. The average Bonchev–Trinajstić information content (AvgIpc) is 3.27. The molecule has 0 radical (unpaired) electrons. The van der Waals surface area contributed by atoms with Crippen molar-refractivity contribution in [3.8, 4) is 22.1 Å². The second kappa shape index (κ2) is 8.22. The lowest BCUT2D eigenvalue weighted by Crippen LogP contribution is -2.16. The van der Waals surface area contributed by atoms with E-state index in [1.807, 2.05) is 29.6 Å². The van der Waals surface area contributed by atoms with Crippen LogP contribution in [0.1, 0.15) is 23.2 Å². The zero-order valence-corrected chi connectivity index (χ0v) is 15.8. The van der Waals surface area contributed by atoms with E-state index < -0.39 is 0 Å². The fourth-order valence-corrected chi connectivity index (χ4v) is 3.52. The van der Waals surface area contributed by atoms with Crippen molar-refractivity contribution in [3.05, 3.63) is 59.6 Å². The molecule has 1 aromatic heterocycles. The molecule has 3 aromatic rings. The molecule has 0 aliphatic carbocycles. The van der Waals surface area contributed by atoms with Gasteiger partial charge in [-0.1, -0.05) is 0 Å². The maximum atomic E-state index is 12.4. The van der Waals surface area contributed by atoms with Gasteiger partial charge in [0, 0.05) is 41.2 Å². The third kappa shape index (κ3) is 4.20. The first kappa shape index (κ1) is 18.2. The number of Topliss-reactive ketones (excluding diaryl/α,β-unsaturated/α-hetero) is 1. The number of thiazole rings is 1. The van der Waals surface area contributed by atoms with Gasteiger partial charge < -0.3 is 14.8 Å². The first-order valence-electron chi connectivity index (χ1n) is 8.92. The molecule has 0 bridgehead atoms. The molecule has 142 valence electrons. The van der Waals surface area contributed by atoms with E-state index in [9.17, 15) is 9.59 Å². The van der Waals surface area contributed by atoms with Crippen molar-refractivity contribution in [1.29, 1.82) is 0 Å². The van der Waals surface area contributed by atoms with E-state index in [1.54, 1.807) is 35.7 Å². The number of aromatic nitrogens is 1. The number of fused-ring (bicyclic) bond motifs is 1. The summed E-state index contributed by atoms with van der Waals surface area (Å²) in [6.07, 6.45) is 2.00. The number of rotatable bonds is 6. The van der Waals surface area contributed by atoms with E-state index in [0.717, 1.165) is 10.6 Å². The molecular weight excluding hydrogens is 376 g/mol. The van der Waals surface area contributed by atoms with Crippen LogP contribution in [0.2, 0.25) is 0 Å². The van der Waals surface area contributed by atoms with Crippen molar-refractivity contribution in [2.24, 2.45) is 0 Å². The number of hydrogen-bond acceptors (Lipinski definition) is 6. The summed E-state index contributed by atoms with van der Waals surface area (Å²) in [5.74, 6) is 0.905. The highest BCUT2D eigenvalue weighted by Gasteiger charge is 2.16. The van der Waals surface area contributed by atoms with Crippen LogP contribution in [0, 0.1) is 0 Å². The highest BCUT2D eigenvalue weighted by Crippen LogP contribution is 2.31. The van der Waals surface area contributed by atoms with Crippen molar-refractivity contribution >= 4 is 28.7 Å². The van der Waals surface area contributed by atoms with Crippen LogP contribution in [0.4, 0.5) is 5.69 Å². The standard InChI is InChI=1S/C21H18N2O4S/c24-17(15-3-7-18-19(13-15)27-11-10-26-18)6-8-20(25)23-16-4-1-14(2-5-16)21-22-9-12-28-21/h1-5,7,9,12-13H,6,8,10-11H2,(H,23,25).